The second-order valence-corrected chi connectivity index (χ2v) is 14.1. The number of benzene rings is 1. The Morgan fingerprint density at radius 3 is 2.47 bits per heavy atom. The Morgan fingerprint density at radius 2 is 1.78 bits per heavy atom. The SMILES string of the molecule is CN(C)C(=O)O[C@@H]1C[C@H]2C(=O)N[C@]3(C(=O)NCC(=O)NCc4ccccc4)C[C@H]3C=CCCCCC[C@H](NC(=O)OC(C)(C)C)C(=O)N2C1. The van der Waals surface area contributed by atoms with Crippen molar-refractivity contribution < 1.29 is 38.2 Å². The third-order valence-electron chi connectivity index (χ3n) is 8.71. The predicted octanol–water partition coefficient (Wildman–Crippen LogP) is 2.38. The highest BCUT2D eigenvalue weighted by Crippen LogP contribution is 2.45. The van der Waals surface area contributed by atoms with E-state index in [0.717, 1.165) is 24.8 Å². The minimum absolute atomic E-state index is 0.00356. The van der Waals surface area contributed by atoms with Gasteiger partial charge in [-0.05, 0) is 52.0 Å². The molecule has 0 bridgehead atoms. The number of hydrogen-bond acceptors (Lipinski definition) is 8. The van der Waals surface area contributed by atoms with Crippen LogP contribution in [0.3, 0.4) is 0 Å². The van der Waals surface area contributed by atoms with E-state index in [9.17, 15) is 28.8 Å². The number of ether oxygens (including phenoxy) is 2. The van der Waals surface area contributed by atoms with Gasteiger partial charge in [0.15, 0.2) is 0 Å². The number of amides is 6. The van der Waals surface area contributed by atoms with Crippen molar-refractivity contribution in [3.63, 3.8) is 0 Å². The molecule has 5 atom stereocenters. The van der Waals surface area contributed by atoms with Gasteiger partial charge in [0, 0.05) is 33.0 Å². The zero-order valence-corrected chi connectivity index (χ0v) is 29.1. The first-order valence-electron chi connectivity index (χ1n) is 16.9. The summed E-state index contributed by atoms with van der Waals surface area (Å²) in [6.45, 7) is 5.10. The Labute approximate surface area is 287 Å². The number of rotatable bonds is 7. The van der Waals surface area contributed by atoms with Crippen LogP contribution in [0.4, 0.5) is 9.59 Å². The van der Waals surface area contributed by atoms with Crippen LogP contribution < -0.4 is 21.3 Å². The molecular formula is C35H50N6O8. The Bertz CT molecular complexity index is 1410. The van der Waals surface area contributed by atoms with E-state index in [-0.39, 0.29) is 31.3 Å². The van der Waals surface area contributed by atoms with E-state index >= 15 is 0 Å². The molecule has 14 heteroatoms. The fourth-order valence-corrected chi connectivity index (χ4v) is 6.04. The Balaban J connectivity index is 1.53. The van der Waals surface area contributed by atoms with E-state index in [2.05, 4.69) is 21.3 Å². The second kappa shape index (κ2) is 16.2. The molecule has 0 unspecified atom stereocenters. The summed E-state index contributed by atoms with van der Waals surface area (Å²) in [5.74, 6) is -2.31. The Morgan fingerprint density at radius 1 is 1.04 bits per heavy atom. The van der Waals surface area contributed by atoms with Crippen molar-refractivity contribution >= 4 is 35.8 Å². The van der Waals surface area contributed by atoms with Gasteiger partial charge >= 0.3 is 12.2 Å². The standard InChI is InChI=1S/C35H50N6O8/c1-34(2,3)49-32(46)38-26-17-13-8-6-7-12-16-24-19-35(24,31(45)37-21-28(42)36-20-23-14-10-9-11-15-23)39-29(43)27-18-25(22-41(27)30(26)44)48-33(47)40(4)5/h9-12,14-16,24-27H,6-8,13,17-22H2,1-5H3,(H,36,42)(H,37,45)(H,38,46)(H,39,43)/t24-,25-,26+,27+,35-/m1/s1. The Kier molecular flexibility index (Phi) is 12.3. The van der Waals surface area contributed by atoms with Crippen LogP contribution in [0.25, 0.3) is 0 Å². The van der Waals surface area contributed by atoms with E-state index in [4.69, 9.17) is 9.47 Å². The molecule has 6 amide bonds. The highest BCUT2D eigenvalue weighted by atomic mass is 16.6. The van der Waals surface area contributed by atoms with Crippen LogP contribution in [-0.4, -0.2) is 102 Å². The molecule has 0 radical (unpaired) electrons. The maximum atomic E-state index is 14.1. The molecule has 2 aliphatic heterocycles. The summed E-state index contributed by atoms with van der Waals surface area (Å²) in [6.07, 6.45) is 5.30. The molecular weight excluding hydrogens is 632 g/mol. The number of hydrogen-bond donors (Lipinski definition) is 4. The first kappa shape index (κ1) is 37.2. The molecule has 1 saturated heterocycles. The molecule has 4 rings (SSSR count). The lowest BCUT2D eigenvalue weighted by molar-refractivity contribution is -0.141. The molecule has 4 N–H and O–H groups in total. The molecule has 3 aliphatic rings. The fraction of sp³-hybridized carbons (Fsp3) is 0.600. The monoisotopic (exact) mass is 682 g/mol. The van der Waals surface area contributed by atoms with Gasteiger partial charge in [-0.1, -0.05) is 55.3 Å². The smallest absolute Gasteiger partial charge is 0.409 e. The Hall–Kier alpha value is -4.62. The largest absolute Gasteiger partial charge is 0.444 e. The van der Waals surface area contributed by atoms with Crippen LogP contribution >= 0.6 is 0 Å². The predicted molar refractivity (Wildman–Crippen MR) is 180 cm³/mol. The van der Waals surface area contributed by atoms with Crippen LogP contribution in [0.5, 0.6) is 0 Å². The summed E-state index contributed by atoms with van der Waals surface area (Å²) >= 11 is 0. The zero-order valence-electron chi connectivity index (χ0n) is 29.1. The van der Waals surface area contributed by atoms with Crippen LogP contribution in [0.1, 0.15) is 71.3 Å². The lowest BCUT2D eigenvalue weighted by Crippen LogP contribution is -2.58. The zero-order chi connectivity index (χ0) is 35.8. The van der Waals surface area contributed by atoms with Gasteiger partial charge in [0.2, 0.25) is 23.6 Å². The van der Waals surface area contributed by atoms with Gasteiger partial charge < -0.3 is 40.5 Å². The number of nitrogens with one attached hydrogen (secondary N) is 4. The summed E-state index contributed by atoms with van der Waals surface area (Å²) in [7, 11) is 3.06. The first-order valence-corrected chi connectivity index (χ1v) is 16.9. The molecule has 49 heavy (non-hydrogen) atoms. The normalized spacial score (nSPS) is 25.7. The molecule has 1 aromatic rings. The van der Waals surface area contributed by atoms with Gasteiger partial charge in [-0.2, -0.15) is 0 Å². The third kappa shape index (κ3) is 10.4. The van der Waals surface area contributed by atoms with E-state index in [1.54, 1.807) is 20.8 Å². The van der Waals surface area contributed by atoms with Crippen molar-refractivity contribution in [2.24, 2.45) is 5.92 Å². The lowest BCUT2D eigenvalue weighted by atomic mass is 10.0. The summed E-state index contributed by atoms with van der Waals surface area (Å²) in [5.41, 5.74) is -1.20. The molecule has 1 aliphatic carbocycles. The van der Waals surface area contributed by atoms with Crippen LogP contribution in [0, 0.1) is 5.92 Å². The number of fused-ring (bicyclic) bond motifs is 2. The van der Waals surface area contributed by atoms with Crippen LogP contribution in [0.2, 0.25) is 0 Å². The van der Waals surface area contributed by atoms with Crippen LogP contribution in [-0.2, 0) is 35.2 Å². The van der Waals surface area contributed by atoms with E-state index in [1.807, 2.05) is 42.5 Å². The van der Waals surface area contributed by atoms with Gasteiger partial charge in [-0.3, -0.25) is 19.2 Å². The number of carbonyl (C=O) groups is 6. The van der Waals surface area contributed by atoms with Crippen molar-refractivity contribution in [2.75, 3.05) is 27.2 Å². The number of alkyl carbamates (subject to hydrolysis) is 1. The quantitative estimate of drug-likeness (QED) is 0.317. The van der Waals surface area contributed by atoms with Crippen LogP contribution in [0.15, 0.2) is 42.5 Å². The molecule has 1 saturated carbocycles. The van der Waals surface area contributed by atoms with Crippen molar-refractivity contribution in [1.29, 1.82) is 0 Å². The van der Waals surface area contributed by atoms with E-state index < -0.39 is 59.2 Å². The molecule has 0 spiro atoms. The van der Waals surface area contributed by atoms with E-state index in [0.29, 0.717) is 25.8 Å². The molecule has 2 heterocycles. The number of nitrogens with zero attached hydrogens (tertiary/aromatic N) is 2. The summed E-state index contributed by atoms with van der Waals surface area (Å²) in [5, 5.41) is 11.1. The molecule has 2 fully saturated rings. The summed E-state index contributed by atoms with van der Waals surface area (Å²) in [4.78, 5) is 82.2. The third-order valence-corrected chi connectivity index (χ3v) is 8.71. The van der Waals surface area contributed by atoms with Gasteiger partial charge in [0.25, 0.3) is 0 Å². The molecule has 0 aromatic heterocycles. The lowest BCUT2D eigenvalue weighted by Gasteiger charge is -2.30. The van der Waals surface area contributed by atoms with Gasteiger partial charge in [-0.25, -0.2) is 9.59 Å². The first-order chi connectivity index (χ1) is 23.2. The average molecular weight is 683 g/mol. The highest BCUT2D eigenvalue weighted by molar-refractivity contribution is 5.99. The maximum absolute atomic E-state index is 14.1. The summed E-state index contributed by atoms with van der Waals surface area (Å²) < 4.78 is 11.0. The van der Waals surface area contributed by atoms with Crippen molar-refractivity contribution in [1.82, 2.24) is 31.1 Å². The number of allylic oxidation sites excluding steroid dienone is 1. The molecule has 1 aromatic carbocycles. The average Bonchev–Trinajstić information content (AvgIpc) is 3.57. The fourth-order valence-electron chi connectivity index (χ4n) is 6.04. The molecule has 14 nitrogen and oxygen atoms in total. The minimum atomic E-state index is -1.32. The topological polar surface area (TPSA) is 175 Å². The maximum Gasteiger partial charge on any atom is 0.409 e. The van der Waals surface area contributed by atoms with Crippen molar-refractivity contribution in [2.45, 2.75) is 102 Å². The van der Waals surface area contributed by atoms with E-state index in [1.165, 1.54) is 23.9 Å². The molecule has 268 valence electrons. The van der Waals surface area contributed by atoms with Gasteiger partial charge in [0.05, 0.1) is 13.1 Å². The number of carbonyl (C=O) groups excluding carboxylic acids is 6. The minimum Gasteiger partial charge on any atom is -0.444 e. The van der Waals surface area contributed by atoms with Crippen molar-refractivity contribution in [3.8, 4) is 0 Å². The summed E-state index contributed by atoms with van der Waals surface area (Å²) in [6, 6.07) is 7.29. The van der Waals surface area contributed by atoms with Gasteiger partial charge in [0.1, 0.15) is 29.3 Å². The van der Waals surface area contributed by atoms with Gasteiger partial charge in [-0.15, -0.1) is 0 Å². The highest BCUT2D eigenvalue weighted by Gasteiger charge is 2.61. The second-order valence-electron chi connectivity index (χ2n) is 14.1. The van der Waals surface area contributed by atoms with Crippen molar-refractivity contribution in [3.05, 3.63) is 48.0 Å².